The number of methoxy groups -OCH3 is 1. The molecule has 1 atom stereocenters. The first-order valence-corrected chi connectivity index (χ1v) is 11.2. The smallest absolute Gasteiger partial charge is 0.255 e. The van der Waals surface area contributed by atoms with E-state index in [0.717, 1.165) is 54.6 Å². The number of hydrogen-bond acceptors (Lipinski definition) is 6. The van der Waals surface area contributed by atoms with E-state index in [1.165, 1.54) is 0 Å². The van der Waals surface area contributed by atoms with Crippen molar-refractivity contribution in [1.29, 1.82) is 0 Å². The van der Waals surface area contributed by atoms with Crippen molar-refractivity contribution in [1.82, 2.24) is 10.3 Å². The summed E-state index contributed by atoms with van der Waals surface area (Å²) in [5, 5.41) is 6.40. The number of carbonyl (C=O) groups excluding carboxylic acids is 1. The third-order valence-corrected chi connectivity index (χ3v) is 5.57. The fourth-order valence-corrected chi connectivity index (χ4v) is 3.79. The Morgan fingerprint density at radius 2 is 1.94 bits per heavy atom. The predicted octanol–water partition coefficient (Wildman–Crippen LogP) is 3.86. The maximum Gasteiger partial charge on any atom is 0.255 e. The van der Waals surface area contributed by atoms with Gasteiger partial charge in [0.1, 0.15) is 11.6 Å². The second-order valence-electron chi connectivity index (χ2n) is 8.14. The lowest BCUT2D eigenvalue weighted by molar-refractivity contribution is 0.0529. The summed E-state index contributed by atoms with van der Waals surface area (Å²) in [7, 11) is 1.60. The van der Waals surface area contributed by atoms with Gasteiger partial charge >= 0.3 is 0 Å². The molecule has 172 valence electrons. The minimum atomic E-state index is -0.149. The minimum Gasteiger partial charge on any atom is -0.497 e. The monoisotopic (exact) mass is 446 g/mol. The number of carbonyl (C=O) groups is 1. The fraction of sp³-hybridized carbons (Fsp3) is 0.308. The van der Waals surface area contributed by atoms with E-state index in [1.54, 1.807) is 31.4 Å². The molecule has 1 unspecified atom stereocenters. The summed E-state index contributed by atoms with van der Waals surface area (Å²) in [5.74, 6) is 1.57. The molecule has 0 aliphatic carbocycles. The Morgan fingerprint density at radius 1 is 1.12 bits per heavy atom. The number of nitrogens with one attached hydrogen (secondary N) is 2. The highest BCUT2D eigenvalue weighted by molar-refractivity contribution is 6.04. The predicted molar refractivity (Wildman–Crippen MR) is 130 cm³/mol. The van der Waals surface area contributed by atoms with E-state index in [4.69, 9.17) is 9.47 Å². The number of hydrogen-bond donors (Lipinski definition) is 2. The van der Waals surface area contributed by atoms with Crippen LogP contribution in [-0.2, 0) is 17.8 Å². The van der Waals surface area contributed by atoms with E-state index in [9.17, 15) is 4.79 Å². The Bertz CT molecular complexity index is 1050. The third-order valence-electron chi connectivity index (χ3n) is 5.57. The number of ether oxygens (including phenoxy) is 2. The van der Waals surface area contributed by atoms with Crippen LogP contribution in [0.15, 0.2) is 66.9 Å². The number of benzene rings is 2. The molecule has 1 aliphatic rings. The van der Waals surface area contributed by atoms with E-state index >= 15 is 0 Å². The number of aromatic nitrogens is 1. The molecule has 33 heavy (non-hydrogen) atoms. The van der Waals surface area contributed by atoms with E-state index in [0.29, 0.717) is 12.1 Å². The summed E-state index contributed by atoms with van der Waals surface area (Å²) in [6.45, 7) is 5.98. The highest BCUT2D eigenvalue weighted by atomic mass is 16.5. The molecule has 0 saturated carbocycles. The Morgan fingerprint density at radius 3 is 2.67 bits per heavy atom. The molecule has 3 aromatic rings. The fourth-order valence-electron chi connectivity index (χ4n) is 3.79. The normalized spacial score (nSPS) is 15.8. The highest BCUT2D eigenvalue weighted by Crippen LogP contribution is 2.17. The average Bonchev–Trinajstić information content (AvgIpc) is 2.85. The maximum absolute atomic E-state index is 12.5. The molecule has 0 bridgehead atoms. The topological polar surface area (TPSA) is 75.7 Å². The lowest BCUT2D eigenvalue weighted by Gasteiger charge is -2.32. The van der Waals surface area contributed by atoms with Crippen LogP contribution < -0.4 is 20.3 Å². The van der Waals surface area contributed by atoms with Gasteiger partial charge in [-0.2, -0.15) is 0 Å². The van der Waals surface area contributed by atoms with Crippen molar-refractivity contribution < 1.29 is 14.3 Å². The van der Waals surface area contributed by atoms with Crippen molar-refractivity contribution in [3.8, 4) is 5.75 Å². The molecule has 1 aromatic heterocycles. The van der Waals surface area contributed by atoms with Crippen LogP contribution in [0.5, 0.6) is 5.75 Å². The van der Waals surface area contributed by atoms with Crippen LogP contribution >= 0.6 is 0 Å². The van der Waals surface area contributed by atoms with Gasteiger partial charge in [-0.15, -0.1) is 0 Å². The molecule has 1 saturated heterocycles. The Labute approximate surface area is 194 Å². The first-order chi connectivity index (χ1) is 16.1. The lowest BCUT2D eigenvalue weighted by atomic mass is 10.1. The first kappa shape index (κ1) is 22.8. The molecular weight excluding hydrogens is 416 g/mol. The number of pyridine rings is 1. The highest BCUT2D eigenvalue weighted by Gasteiger charge is 2.17. The molecular formula is C26H30N4O3. The van der Waals surface area contributed by atoms with Crippen molar-refractivity contribution >= 4 is 17.4 Å². The quantitative estimate of drug-likeness (QED) is 0.547. The Kier molecular flexibility index (Phi) is 7.55. The molecule has 4 rings (SSSR count). The summed E-state index contributed by atoms with van der Waals surface area (Å²) >= 11 is 0. The van der Waals surface area contributed by atoms with Crippen LogP contribution in [0, 0.1) is 0 Å². The average molecular weight is 447 g/mol. The van der Waals surface area contributed by atoms with Crippen LogP contribution in [0.4, 0.5) is 11.5 Å². The number of rotatable bonds is 8. The van der Waals surface area contributed by atoms with Gasteiger partial charge in [-0.3, -0.25) is 4.79 Å². The van der Waals surface area contributed by atoms with Gasteiger partial charge in [0.2, 0.25) is 0 Å². The summed E-state index contributed by atoms with van der Waals surface area (Å²) in [4.78, 5) is 19.4. The van der Waals surface area contributed by atoms with E-state index in [1.807, 2.05) is 30.5 Å². The molecule has 1 amide bonds. The molecule has 0 spiro atoms. The molecule has 0 radical (unpaired) electrons. The van der Waals surface area contributed by atoms with Crippen LogP contribution in [0.25, 0.3) is 0 Å². The molecule has 1 aliphatic heterocycles. The molecule has 1 fully saturated rings. The zero-order valence-corrected chi connectivity index (χ0v) is 19.1. The summed E-state index contributed by atoms with van der Waals surface area (Å²) in [5.41, 5.74) is 3.57. The van der Waals surface area contributed by atoms with Gasteiger partial charge < -0.3 is 25.0 Å². The van der Waals surface area contributed by atoms with Crippen LogP contribution in [0.3, 0.4) is 0 Å². The maximum atomic E-state index is 12.5. The molecule has 2 aromatic carbocycles. The third kappa shape index (κ3) is 6.31. The van der Waals surface area contributed by atoms with Crippen molar-refractivity contribution in [2.45, 2.75) is 26.1 Å². The summed E-state index contributed by atoms with van der Waals surface area (Å²) in [6.07, 6.45) is 2.16. The van der Waals surface area contributed by atoms with Crippen LogP contribution in [0.2, 0.25) is 0 Å². The van der Waals surface area contributed by atoms with Crippen molar-refractivity contribution in [2.75, 3.05) is 37.0 Å². The Balaban J connectivity index is 1.27. The second kappa shape index (κ2) is 10.9. The van der Waals surface area contributed by atoms with Crippen LogP contribution in [0.1, 0.15) is 28.4 Å². The van der Waals surface area contributed by atoms with Crippen molar-refractivity contribution in [3.63, 3.8) is 0 Å². The van der Waals surface area contributed by atoms with Gasteiger partial charge in [0.05, 0.1) is 19.8 Å². The van der Waals surface area contributed by atoms with Crippen molar-refractivity contribution in [3.05, 3.63) is 83.6 Å². The van der Waals surface area contributed by atoms with Gasteiger partial charge in [-0.25, -0.2) is 4.98 Å². The number of morpholine rings is 1. The van der Waals surface area contributed by atoms with Gasteiger partial charge in [0.25, 0.3) is 5.91 Å². The molecule has 7 heteroatoms. The molecule has 2 N–H and O–H groups in total. The standard InChI is InChI=1S/C26H30N4O3/c1-19-18-30(12-13-33-19)25-11-6-21(17-28-25)16-27-15-20-4-3-5-23(14-20)29-26(31)22-7-9-24(32-2)10-8-22/h3-11,14,17,19,27H,12-13,15-16,18H2,1-2H3,(H,29,31). The molecule has 7 nitrogen and oxygen atoms in total. The van der Waals surface area contributed by atoms with E-state index < -0.39 is 0 Å². The van der Waals surface area contributed by atoms with Gasteiger partial charge in [-0.05, 0) is 60.5 Å². The SMILES string of the molecule is COc1ccc(C(=O)Nc2cccc(CNCc3ccc(N4CCOC(C)C4)nc3)c2)cc1. The van der Waals surface area contributed by atoms with Crippen LogP contribution in [-0.4, -0.2) is 43.8 Å². The number of nitrogens with zero attached hydrogens (tertiary/aromatic N) is 2. The first-order valence-electron chi connectivity index (χ1n) is 11.2. The van der Waals surface area contributed by atoms with Gasteiger partial charge in [0, 0.05) is 43.6 Å². The second-order valence-corrected chi connectivity index (χ2v) is 8.14. The zero-order valence-electron chi connectivity index (χ0n) is 19.1. The number of amides is 1. The minimum absolute atomic E-state index is 0.149. The summed E-state index contributed by atoms with van der Waals surface area (Å²) in [6, 6.07) is 19.1. The van der Waals surface area contributed by atoms with Gasteiger partial charge in [-0.1, -0.05) is 18.2 Å². The van der Waals surface area contributed by atoms with E-state index in [-0.39, 0.29) is 12.0 Å². The van der Waals surface area contributed by atoms with Crippen molar-refractivity contribution in [2.24, 2.45) is 0 Å². The zero-order chi connectivity index (χ0) is 23.0. The molecule has 2 heterocycles. The Hall–Kier alpha value is -3.42. The van der Waals surface area contributed by atoms with E-state index in [2.05, 4.69) is 39.6 Å². The number of anilines is 2. The lowest BCUT2D eigenvalue weighted by Crippen LogP contribution is -2.41. The summed E-state index contributed by atoms with van der Waals surface area (Å²) < 4.78 is 10.7. The largest absolute Gasteiger partial charge is 0.497 e. The van der Waals surface area contributed by atoms with Gasteiger partial charge in [0.15, 0.2) is 0 Å².